The van der Waals surface area contributed by atoms with Crippen LogP contribution in [0.5, 0.6) is 0 Å². The van der Waals surface area contributed by atoms with E-state index in [2.05, 4.69) is 4.98 Å². The van der Waals surface area contributed by atoms with E-state index in [0.717, 1.165) is 0 Å². The van der Waals surface area contributed by atoms with Gasteiger partial charge in [0.2, 0.25) is 0 Å². The zero-order valence-electron chi connectivity index (χ0n) is 9.43. The molecule has 1 aliphatic heterocycles. The third-order valence-corrected chi connectivity index (χ3v) is 2.45. The summed E-state index contributed by atoms with van der Waals surface area (Å²) in [6.45, 7) is -0.0470. The van der Waals surface area contributed by atoms with Gasteiger partial charge in [-0.2, -0.15) is 0 Å². The van der Waals surface area contributed by atoms with Gasteiger partial charge in [-0.05, 0) is 12.8 Å². The zero-order chi connectivity index (χ0) is 12.8. The number of ether oxygens (including phenoxy) is 1. The number of aliphatic hydroxyl groups is 1. The number of aromatic nitrogens is 2. The van der Waals surface area contributed by atoms with E-state index in [0.29, 0.717) is 20.0 Å². The minimum absolute atomic E-state index is 0.0470. The molecule has 2 N–H and O–H groups in total. The third-order valence-electron chi connectivity index (χ3n) is 2.45. The molecule has 0 aromatic carbocycles. The number of alkyl halides is 1. The van der Waals surface area contributed by atoms with Crippen LogP contribution < -0.4 is 11.2 Å². The van der Waals surface area contributed by atoms with Gasteiger partial charge in [-0.15, -0.1) is 0 Å². The zero-order valence-corrected chi connectivity index (χ0v) is 9.43. The minimum atomic E-state index is -0.480. The van der Waals surface area contributed by atoms with Gasteiger partial charge >= 0.3 is 5.69 Å². The summed E-state index contributed by atoms with van der Waals surface area (Å²) in [5.41, 5.74) is -0.904. The number of aromatic amines is 1. The van der Waals surface area contributed by atoms with Crippen molar-refractivity contribution >= 4 is 0 Å². The molecule has 0 saturated carbocycles. The van der Waals surface area contributed by atoms with Gasteiger partial charge in [0, 0.05) is 12.3 Å². The van der Waals surface area contributed by atoms with Crippen LogP contribution in [0.2, 0.25) is 0 Å². The molecule has 1 fully saturated rings. The molecule has 6 nitrogen and oxygen atoms in total. The first-order valence-corrected chi connectivity index (χ1v) is 5.16. The maximum absolute atomic E-state index is 11.4. The summed E-state index contributed by atoms with van der Waals surface area (Å²) in [5.74, 6) is 0. The topological polar surface area (TPSA) is 84.3 Å². The second-order valence-corrected chi connectivity index (χ2v) is 3.49. The van der Waals surface area contributed by atoms with E-state index in [1.807, 2.05) is 0 Å². The molecule has 2 heterocycles. The fourth-order valence-electron chi connectivity index (χ4n) is 1.68. The molecule has 0 bridgehead atoms. The molecule has 0 aliphatic carbocycles. The standard InChI is InChI=1S/C9H12N2O4.CH3F/c12-5-6-1-2-8(15-6)11-4-3-7(13)10-9(11)14;1-2/h3-4,6,8,12H,1-2,5H2,(H,10,13,14);1H3/t6?,8-;/m1./s1. The third kappa shape index (κ3) is 3.24. The van der Waals surface area contributed by atoms with Crippen molar-refractivity contribution in [2.24, 2.45) is 0 Å². The van der Waals surface area contributed by atoms with Gasteiger partial charge in [-0.3, -0.25) is 18.7 Å². The van der Waals surface area contributed by atoms with Gasteiger partial charge in [-0.25, -0.2) is 4.79 Å². The van der Waals surface area contributed by atoms with Crippen LogP contribution in [0.1, 0.15) is 19.1 Å². The van der Waals surface area contributed by atoms with Crippen LogP contribution in [0.4, 0.5) is 4.39 Å². The SMILES string of the molecule is CF.O=c1ccn([C@H]2CCC(CO)O2)c(=O)[nH]1. The molecule has 0 amide bonds. The Bertz CT molecular complexity index is 456. The molecule has 1 unspecified atom stereocenters. The van der Waals surface area contributed by atoms with Crippen LogP contribution in [-0.4, -0.2) is 34.5 Å². The largest absolute Gasteiger partial charge is 0.394 e. The second kappa shape index (κ2) is 6.31. The Balaban J connectivity index is 0.000000686. The number of halogens is 1. The van der Waals surface area contributed by atoms with Crippen LogP contribution in [0.3, 0.4) is 0 Å². The minimum Gasteiger partial charge on any atom is -0.394 e. The van der Waals surface area contributed by atoms with E-state index in [4.69, 9.17) is 9.84 Å². The molecule has 1 aromatic heterocycles. The van der Waals surface area contributed by atoms with Crippen molar-refractivity contribution in [2.45, 2.75) is 25.2 Å². The van der Waals surface area contributed by atoms with Crippen LogP contribution in [0, 0.1) is 0 Å². The molecule has 2 rings (SSSR count). The van der Waals surface area contributed by atoms with Gasteiger partial charge < -0.3 is 9.84 Å². The van der Waals surface area contributed by atoms with Crippen molar-refractivity contribution in [1.82, 2.24) is 9.55 Å². The number of aliphatic hydroxyl groups excluding tert-OH is 1. The van der Waals surface area contributed by atoms with E-state index in [-0.39, 0.29) is 18.9 Å². The quantitative estimate of drug-likeness (QED) is 0.756. The predicted molar refractivity (Wildman–Crippen MR) is 58.6 cm³/mol. The number of hydrogen-bond acceptors (Lipinski definition) is 4. The first-order chi connectivity index (χ1) is 8.20. The second-order valence-electron chi connectivity index (χ2n) is 3.49. The fraction of sp³-hybridized carbons (Fsp3) is 0.600. The van der Waals surface area contributed by atoms with Gasteiger partial charge in [0.05, 0.1) is 19.9 Å². The highest BCUT2D eigenvalue weighted by atomic mass is 19.1. The summed E-state index contributed by atoms with van der Waals surface area (Å²) >= 11 is 0. The van der Waals surface area contributed by atoms with Crippen LogP contribution in [-0.2, 0) is 4.74 Å². The molecule has 1 aliphatic rings. The first-order valence-electron chi connectivity index (χ1n) is 5.16. The Morgan fingerprint density at radius 3 is 2.76 bits per heavy atom. The van der Waals surface area contributed by atoms with E-state index >= 15 is 0 Å². The van der Waals surface area contributed by atoms with E-state index in [1.54, 1.807) is 0 Å². The highest BCUT2D eigenvalue weighted by Crippen LogP contribution is 2.26. The Morgan fingerprint density at radius 1 is 1.53 bits per heavy atom. The highest BCUT2D eigenvalue weighted by Gasteiger charge is 2.26. The lowest BCUT2D eigenvalue weighted by molar-refractivity contribution is -0.0246. The molecular formula is C10H15FN2O4. The summed E-state index contributed by atoms with van der Waals surface area (Å²) in [6.07, 6.45) is 2.19. The molecule has 17 heavy (non-hydrogen) atoms. The molecule has 7 heteroatoms. The number of H-pyrrole nitrogens is 1. The highest BCUT2D eigenvalue weighted by molar-refractivity contribution is 4.85. The predicted octanol–water partition coefficient (Wildman–Crippen LogP) is -0.208. The van der Waals surface area contributed by atoms with E-state index in [1.165, 1.54) is 16.8 Å². The molecule has 1 aromatic rings. The van der Waals surface area contributed by atoms with Gasteiger partial charge in [0.25, 0.3) is 5.56 Å². The monoisotopic (exact) mass is 246 g/mol. The Kier molecular flexibility index (Phi) is 5.05. The maximum Gasteiger partial charge on any atom is 0.330 e. The van der Waals surface area contributed by atoms with Crippen molar-refractivity contribution in [1.29, 1.82) is 0 Å². The van der Waals surface area contributed by atoms with Crippen molar-refractivity contribution in [3.05, 3.63) is 33.1 Å². The maximum atomic E-state index is 11.4. The van der Waals surface area contributed by atoms with Crippen LogP contribution in [0.15, 0.2) is 21.9 Å². The fourth-order valence-corrected chi connectivity index (χ4v) is 1.68. The van der Waals surface area contributed by atoms with Crippen molar-refractivity contribution < 1.29 is 14.2 Å². The lowest BCUT2D eigenvalue weighted by atomic mass is 10.2. The van der Waals surface area contributed by atoms with Crippen LogP contribution >= 0.6 is 0 Å². The lowest BCUT2D eigenvalue weighted by Gasteiger charge is -2.13. The average molecular weight is 246 g/mol. The lowest BCUT2D eigenvalue weighted by Crippen LogP contribution is -2.31. The number of nitrogens with one attached hydrogen (secondary N) is 1. The molecular weight excluding hydrogens is 231 g/mol. The van der Waals surface area contributed by atoms with Gasteiger partial charge in [-0.1, -0.05) is 0 Å². The van der Waals surface area contributed by atoms with Crippen molar-refractivity contribution in [2.75, 3.05) is 13.8 Å². The number of nitrogens with zero attached hydrogens (tertiary/aromatic N) is 1. The molecule has 0 radical (unpaired) electrons. The summed E-state index contributed by atoms with van der Waals surface area (Å²) in [6, 6.07) is 1.27. The van der Waals surface area contributed by atoms with Crippen molar-refractivity contribution in [3.8, 4) is 0 Å². The summed E-state index contributed by atoms with van der Waals surface area (Å²) < 4.78 is 16.2. The van der Waals surface area contributed by atoms with E-state index < -0.39 is 11.2 Å². The summed E-state index contributed by atoms with van der Waals surface area (Å²) in [4.78, 5) is 24.4. The molecule has 96 valence electrons. The summed E-state index contributed by atoms with van der Waals surface area (Å²) in [5, 5.41) is 8.87. The first kappa shape index (κ1) is 13.6. The van der Waals surface area contributed by atoms with E-state index in [9.17, 15) is 14.0 Å². The molecule has 2 atom stereocenters. The molecule has 0 spiro atoms. The Morgan fingerprint density at radius 2 is 2.24 bits per heavy atom. The molecule has 1 saturated heterocycles. The average Bonchev–Trinajstić information content (AvgIpc) is 2.80. The van der Waals surface area contributed by atoms with Crippen LogP contribution in [0.25, 0.3) is 0 Å². The van der Waals surface area contributed by atoms with Crippen molar-refractivity contribution in [3.63, 3.8) is 0 Å². The van der Waals surface area contributed by atoms with Gasteiger partial charge in [0.1, 0.15) is 6.23 Å². The van der Waals surface area contributed by atoms with Gasteiger partial charge in [0.15, 0.2) is 0 Å². The Labute approximate surface area is 96.7 Å². The normalized spacial score (nSPS) is 23.0. The Hall–Kier alpha value is -1.47. The number of rotatable bonds is 2. The summed E-state index contributed by atoms with van der Waals surface area (Å²) in [7, 11) is 0.500. The number of hydrogen-bond donors (Lipinski definition) is 2. The smallest absolute Gasteiger partial charge is 0.330 e.